The van der Waals surface area contributed by atoms with Gasteiger partial charge in [-0.25, -0.2) is 0 Å². The summed E-state index contributed by atoms with van der Waals surface area (Å²) < 4.78 is 1.86. The van der Waals surface area contributed by atoms with Gasteiger partial charge < -0.3 is 0 Å². The smallest absolute Gasteiger partial charge is 0.0692 e. The van der Waals surface area contributed by atoms with E-state index < -0.39 is 0 Å². The largest absolute Gasteiger partial charge is 0.252 e. The Kier molecular flexibility index (Phi) is 2.58. The van der Waals surface area contributed by atoms with Crippen LogP contribution in [0.1, 0.15) is 5.56 Å². The molecule has 0 bridgehead atoms. The van der Waals surface area contributed by atoms with Crippen LogP contribution < -0.4 is 0 Å². The van der Waals surface area contributed by atoms with Crippen LogP contribution in [0.15, 0.2) is 54.9 Å². The van der Waals surface area contributed by atoms with Crippen molar-refractivity contribution in [3.63, 3.8) is 0 Å². The molecule has 3 heteroatoms. The van der Waals surface area contributed by atoms with E-state index in [1.54, 1.807) is 6.20 Å². The number of nitrogens with zero attached hydrogens (tertiary/aromatic N) is 3. The number of fused-ring (bicyclic) bond motifs is 1. The first-order chi connectivity index (χ1) is 8.42. The molecule has 1 heterocycles. The Balaban J connectivity index is 1.81. The third-order valence-electron chi connectivity index (χ3n) is 2.92. The van der Waals surface area contributed by atoms with E-state index in [4.69, 9.17) is 0 Å². The number of hydrogen-bond acceptors (Lipinski definition) is 2. The minimum atomic E-state index is 0.873. The molecule has 0 saturated heterocycles. The van der Waals surface area contributed by atoms with Crippen LogP contribution in [0.5, 0.6) is 0 Å². The molecule has 0 saturated carbocycles. The highest BCUT2D eigenvalue weighted by molar-refractivity contribution is 5.82. The van der Waals surface area contributed by atoms with Crippen molar-refractivity contribution < 1.29 is 0 Å². The molecule has 17 heavy (non-hydrogen) atoms. The SMILES string of the molecule is c1ccc2cc(CCn3ccnn3)ccc2c1. The van der Waals surface area contributed by atoms with Gasteiger partial charge in [0.2, 0.25) is 0 Å². The lowest BCUT2D eigenvalue weighted by Crippen LogP contribution is -2.02. The lowest BCUT2D eigenvalue weighted by molar-refractivity contribution is 0.589. The second kappa shape index (κ2) is 4.37. The van der Waals surface area contributed by atoms with Crippen molar-refractivity contribution >= 4 is 10.8 Å². The van der Waals surface area contributed by atoms with E-state index in [0.717, 1.165) is 13.0 Å². The predicted octanol–water partition coefficient (Wildman–Crippen LogP) is 2.67. The van der Waals surface area contributed by atoms with E-state index in [2.05, 4.69) is 52.8 Å². The van der Waals surface area contributed by atoms with E-state index in [1.807, 2.05) is 10.9 Å². The summed E-state index contributed by atoms with van der Waals surface area (Å²) in [6.45, 7) is 0.873. The molecular formula is C14H13N3. The molecule has 0 aliphatic carbocycles. The van der Waals surface area contributed by atoms with Gasteiger partial charge in [0.1, 0.15) is 0 Å². The van der Waals surface area contributed by atoms with Crippen LogP contribution in [0.3, 0.4) is 0 Å². The van der Waals surface area contributed by atoms with Crippen LogP contribution in [-0.2, 0) is 13.0 Å². The molecular weight excluding hydrogens is 210 g/mol. The van der Waals surface area contributed by atoms with Gasteiger partial charge in [0.15, 0.2) is 0 Å². The van der Waals surface area contributed by atoms with Crippen LogP contribution in [0.25, 0.3) is 10.8 Å². The van der Waals surface area contributed by atoms with Crippen molar-refractivity contribution in [2.45, 2.75) is 13.0 Å². The molecule has 0 fully saturated rings. The normalized spacial score (nSPS) is 10.8. The van der Waals surface area contributed by atoms with Gasteiger partial charge in [0.05, 0.1) is 6.20 Å². The van der Waals surface area contributed by atoms with Crippen LogP contribution in [0.4, 0.5) is 0 Å². The van der Waals surface area contributed by atoms with Gasteiger partial charge in [-0.1, -0.05) is 47.7 Å². The van der Waals surface area contributed by atoms with Crippen LogP contribution in [0, 0.1) is 0 Å². The molecule has 3 nitrogen and oxygen atoms in total. The molecule has 0 aliphatic heterocycles. The molecule has 2 aromatic carbocycles. The second-order valence-electron chi connectivity index (χ2n) is 4.10. The van der Waals surface area contributed by atoms with Gasteiger partial charge in [-0.3, -0.25) is 4.68 Å². The van der Waals surface area contributed by atoms with E-state index in [9.17, 15) is 0 Å². The molecule has 84 valence electrons. The summed E-state index contributed by atoms with van der Waals surface area (Å²) in [4.78, 5) is 0. The fourth-order valence-corrected chi connectivity index (χ4v) is 1.99. The molecule has 1 aromatic heterocycles. The van der Waals surface area contributed by atoms with Crippen LogP contribution >= 0.6 is 0 Å². The van der Waals surface area contributed by atoms with E-state index >= 15 is 0 Å². The average Bonchev–Trinajstić information content (AvgIpc) is 2.89. The highest BCUT2D eigenvalue weighted by atomic mass is 15.4. The van der Waals surface area contributed by atoms with E-state index in [0.29, 0.717) is 0 Å². The zero-order valence-corrected chi connectivity index (χ0v) is 9.45. The lowest BCUT2D eigenvalue weighted by Gasteiger charge is -2.03. The number of benzene rings is 2. The molecule has 0 amide bonds. The number of hydrogen-bond donors (Lipinski definition) is 0. The monoisotopic (exact) mass is 223 g/mol. The maximum absolute atomic E-state index is 3.96. The highest BCUT2D eigenvalue weighted by Gasteiger charge is 1.97. The standard InChI is InChI=1S/C14H13N3/c1-2-4-14-11-12(5-6-13(14)3-1)7-9-17-10-8-15-16-17/h1-6,8,10-11H,7,9H2. The second-order valence-corrected chi connectivity index (χ2v) is 4.10. The van der Waals surface area contributed by atoms with Crippen LogP contribution in [-0.4, -0.2) is 15.0 Å². The first-order valence-corrected chi connectivity index (χ1v) is 5.73. The number of aryl methyl sites for hydroxylation is 2. The topological polar surface area (TPSA) is 30.7 Å². The summed E-state index contributed by atoms with van der Waals surface area (Å²) in [5.74, 6) is 0. The molecule has 0 aliphatic rings. The quantitative estimate of drug-likeness (QED) is 0.683. The molecule has 0 atom stereocenters. The third kappa shape index (κ3) is 2.18. The molecule has 0 N–H and O–H groups in total. The Morgan fingerprint density at radius 3 is 2.71 bits per heavy atom. The first-order valence-electron chi connectivity index (χ1n) is 5.73. The maximum Gasteiger partial charge on any atom is 0.0692 e. The minimum Gasteiger partial charge on any atom is -0.252 e. The molecule has 0 radical (unpaired) electrons. The van der Waals surface area contributed by atoms with Crippen LogP contribution in [0.2, 0.25) is 0 Å². The molecule has 0 unspecified atom stereocenters. The number of aromatic nitrogens is 3. The molecule has 0 spiro atoms. The van der Waals surface area contributed by atoms with Gasteiger partial charge in [-0.2, -0.15) is 0 Å². The summed E-state index contributed by atoms with van der Waals surface area (Å²) in [6, 6.07) is 15.0. The fourth-order valence-electron chi connectivity index (χ4n) is 1.99. The minimum absolute atomic E-state index is 0.873. The van der Waals surface area contributed by atoms with Crippen molar-refractivity contribution in [2.75, 3.05) is 0 Å². The zero-order chi connectivity index (χ0) is 11.5. The van der Waals surface area contributed by atoms with Crippen molar-refractivity contribution in [3.05, 3.63) is 60.4 Å². The van der Waals surface area contributed by atoms with Gasteiger partial charge in [-0.15, -0.1) is 5.10 Å². The predicted molar refractivity (Wildman–Crippen MR) is 67.7 cm³/mol. The number of rotatable bonds is 3. The van der Waals surface area contributed by atoms with Gasteiger partial charge >= 0.3 is 0 Å². The Morgan fingerprint density at radius 1 is 1.00 bits per heavy atom. The zero-order valence-electron chi connectivity index (χ0n) is 9.45. The van der Waals surface area contributed by atoms with E-state index in [1.165, 1.54) is 16.3 Å². The van der Waals surface area contributed by atoms with Gasteiger partial charge in [0.25, 0.3) is 0 Å². The average molecular weight is 223 g/mol. The summed E-state index contributed by atoms with van der Waals surface area (Å²) >= 11 is 0. The summed E-state index contributed by atoms with van der Waals surface area (Å²) in [7, 11) is 0. The van der Waals surface area contributed by atoms with Crippen molar-refractivity contribution in [1.29, 1.82) is 0 Å². The van der Waals surface area contributed by atoms with Crippen molar-refractivity contribution in [2.24, 2.45) is 0 Å². The van der Waals surface area contributed by atoms with Crippen molar-refractivity contribution in [3.8, 4) is 0 Å². The molecule has 3 rings (SSSR count). The Morgan fingerprint density at radius 2 is 1.88 bits per heavy atom. The van der Waals surface area contributed by atoms with Gasteiger partial charge in [0, 0.05) is 12.7 Å². The molecule has 3 aromatic rings. The Labute approximate surface area is 99.7 Å². The third-order valence-corrected chi connectivity index (χ3v) is 2.92. The Hall–Kier alpha value is -2.16. The maximum atomic E-state index is 3.96. The first kappa shape index (κ1) is 10.0. The Bertz CT molecular complexity index is 614. The summed E-state index contributed by atoms with van der Waals surface area (Å²) in [5.41, 5.74) is 1.33. The highest BCUT2D eigenvalue weighted by Crippen LogP contribution is 2.16. The van der Waals surface area contributed by atoms with Gasteiger partial charge in [-0.05, 0) is 22.8 Å². The lowest BCUT2D eigenvalue weighted by atomic mass is 10.1. The van der Waals surface area contributed by atoms with Crippen molar-refractivity contribution in [1.82, 2.24) is 15.0 Å². The summed E-state index contributed by atoms with van der Waals surface area (Å²) in [6.07, 6.45) is 4.58. The fraction of sp³-hybridized carbons (Fsp3) is 0.143. The van der Waals surface area contributed by atoms with E-state index in [-0.39, 0.29) is 0 Å². The summed E-state index contributed by atoms with van der Waals surface area (Å²) in [5, 5.41) is 10.3.